The lowest BCUT2D eigenvalue weighted by atomic mass is 10.1. The van der Waals surface area contributed by atoms with E-state index in [1.165, 1.54) is 25.7 Å². The summed E-state index contributed by atoms with van der Waals surface area (Å²) in [7, 11) is 0. The van der Waals surface area contributed by atoms with Gasteiger partial charge in [-0.25, -0.2) is 4.79 Å². The molecule has 0 N–H and O–H groups in total. The predicted octanol–water partition coefficient (Wildman–Crippen LogP) is 4.02. The summed E-state index contributed by atoms with van der Waals surface area (Å²) >= 11 is 0. The fraction of sp³-hybridized carbons (Fsp3) is 0.643. The second-order valence-corrected chi connectivity index (χ2v) is 4.17. The lowest BCUT2D eigenvalue weighted by Crippen LogP contribution is -2.12. The van der Waals surface area contributed by atoms with Crippen molar-refractivity contribution in [1.29, 1.82) is 0 Å². The Morgan fingerprint density at radius 1 is 1.38 bits per heavy atom. The van der Waals surface area contributed by atoms with Crippen LogP contribution in [-0.4, -0.2) is 12.1 Å². The zero-order valence-corrected chi connectivity index (χ0v) is 10.8. The number of rotatable bonds is 8. The maximum Gasteiger partial charge on any atom is 0.333 e. The van der Waals surface area contributed by atoms with Crippen LogP contribution in [-0.2, 0) is 9.53 Å². The molecule has 0 saturated carbocycles. The highest BCUT2D eigenvalue weighted by molar-refractivity contribution is 5.87. The van der Waals surface area contributed by atoms with Gasteiger partial charge in [0.1, 0.15) is 6.10 Å². The summed E-state index contributed by atoms with van der Waals surface area (Å²) in [4.78, 5) is 11.2. The van der Waals surface area contributed by atoms with E-state index in [1.807, 2.05) is 13.0 Å². The van der Waals surface area contributed by atoms with E-state index in [0.717, 1.165) is 6.42 Å². The number of esters is 1. The number of allylic oxidation sites excluding steroid dienone is 1. The average Bonchev–Trinajstić information content (AvgIpc) is 2.23. The van der Waals surface area contributed by atoms with Crippen LogP contribution in [0.15, 0.2) is 24.3 Å². The Kier molecular flexibility index (Phi) is 8.59. The first-order chi connectivity index (χ1) is 7.57. The molecule has 0 bridgehead atoms. The Bertz CT molecular complexity index is 241. The predicted molar refractivity (Wildman–Crippen MR) is 68.3 cm³/mol. The van der Waals surface area contributed by atoms with Gasteiger partial charge >= 0.3 is 5.97 Å². The molecular weight excluding hydrogens is 200 g/mol. The SMILES string of the molecule is C=C(C)C(=O)OC(C)C=CCCCCCC. The topological polar surface area (TPSA) is 26.3 Å². The van der Waals surface area contributed by atoms with Crippen molar-refractivity contribution >= 4 is 5.97 Å². The van der Waals surface area contributed by atoms with Gasteiger partial charge in [0.05, 0.1) is 0 Å². The molecule has 0 fully saturated rings. The number of hydrogen-bond donors (Lipinski definition) is 0. The van der Waals surface area contributed by atoms with Gasteiger partial charge in [0, 0.05) is 5.57 Å². The molecule has 0 heterocycles. The van der Waals surface area contributed by atoms with Crippen LogP contribution in [0, 0.1) is 0 Å². The van der Waals surface area contributed by atoms with E-state index in [4.69, 9.17) is 4.74 Å². The number of carbonyl (C=O) groups excluding carboxylic acids is 1. The second kappa shape index (κ2) is 9.20. The molecule has 0 aromatic rings. The number of carbonyl (C=O) groups is 1. The van der Waals surface area contributed by atoms with Gasteiger partial charge in [0.15, 0.2) is 0 Å². The maximum absolute atomic E-state index is 11.2. The fourth-order valence-electron chi connectivity index (χ4n) is 1.29. The summed E-state index contributed by atoms with van der Waals surface area (Å²) in [6.07, 6.45) is 9.99. The third-order valence-corrected chi connectivity index (χ3v) is 2.27. The van der Waals surface area contributed by atoms with Crippen molar-refractivity contribution in [1.82, 2.24) is 0 Å². The number of unbranched alkanes of at least 4 members (excludes halogenated alkanes) is 4. The second-order valence-electron chi connectivity index (χ2n) is 4.17. The largest absolute Gasteiger partial charge is 0.455 e. The average molecular weight is 224 g/mol. The minimum Gasteiger partial charge on any atom is -0.455 e. The van der Waals surface area contributed by atoms with Crippen LogP contribution < -0.4 is 0 Å². The Hall–Kier alpha value is -1.05. The van der Waals surface area contributed by atoms with Crippen molar-refractivity contribution in [3.8, 4) is 0 Å². The molecule has 2 heteroatoms. The molecule has 0 aliphatic rings. The highest BCUT2D eigenvalue weighted by Crippen LogP contribution is 2.05. The summed E-state index contributed by atoms with van der Waals surface area (Å²) in [5.74, 6) is -0.317. The molecule has 0 aromatic carbocycles. The molecule has 0 aliphatic carbocycles. The van der Waals surface area contributed by atoms with Crippen molar-refractivity contribution < 1.29 is 9.53 Å². The van der Waals surface area contributed by atoms with E-state index in [-0.39, 0.29) is 12.1 Å². The molecule has 0 aromatic heterocycles. The molecule has 0 amide bonds. The van der Waals surface area contributed by atoms with Crippen LogP contribution in [0.3, 0.4) is 0 Å². The van der Waals surface area contributed by atoms with Gasteiger partial charge in [-0.1, -0.05) is 38.8 Å². The van der Waals surface area contributed by atoms with Gasteiger partial charge in [0.2, 0.25) is 0 Å². The molecule has 1 atom stereocenters. The Labute approximate surface area is 99.4 Å². The van der Waals surface area contributed by atoms with Gasteiger partial charge < -0.3 is 4.74 Å². The van der Waals surface area contributed by atoms with Gasteiger partial charge in [-0.15, -0.1) is 0 Å². The highest BCUT2D eigenvalue weighted by Gasteiger charge is 2.06. The van der Waals surface area contributed by atoms with Crippen molar-refractivity contribution in [3.05, 3.63) is 24.3 Å². The number of ether oxygens (including phenoxy) is 1. The summed E-state index contributed by atoms with van der Waals surface area (Å²) in [6.45, 7) is 9.26. The lowest BCUT2D eigenvalue weighted by molar-refractivity contribution is -0.141. The molecule has 92 valence electrons. The Balaban J connectivity index is 3.62. The van der Waals surface area contributed by atoms with E-state index in [0.29, 0.717) is 5.57 Å². The molecule has 0 saturated heterocycles. The van der Waals surface area contributed by atoms with Crippen molar-refractivity contribution in [3.63, 3.8) is 0 Å². The van der Waals surface area contributed by atoms with E-state index in [9.17, 15) is 4.79 Å². The van der Waals surface area contributed by atoms with Crippen LogP contribution in [0.25, 0.3) is 0 Å². The van der Waals surface area contributed by atoms with Crippen LogP contribution in [0.1, 0.15) is 52.9 Å². The number of hydrogen-bond acceptors (Lipinski definition) is 2. The first-order valence-corrected chi connectivity index (χ1v) is 6.11. The zero-order valence-electron chi connectivity index (χ0n) is 10.8. The smallest absolute Gasteiger partial charge is 0.333 e. The molecule has 0 rings (SSSR count). The maximum atomic E-state index is 11.2. The molecular formula is C14H24O2. The minimum atomic E-state index is -0.317. The monoisotopic (exact) mass is 224 g/mol. The normalized spacial score (nSPS) is 12.7. The first kappa shape index (κ1) is 14.9. The Morgan fingerprint density at radius 3 is 2.62 bits per heavy atom. The van der Waals surface area contributed by atoms with E-state index >= 15 is 0 Å². The van der Waals surface area contributed by atoms with Crippen LogP contribution >= 0.6 is 0 Å². The third-order valence-electron chi connectivity index (χ3n) is 2.27. The van der Waals surface area contributed by atoms with E-state index < -0.39 is 0 Å². The Morgan fingerprint density at radius 2 is 2.06 bits per heavy atom. The molecule has 0 spiro atoms. The molecule has 0 radical (unpaired) electrons. The van der Waals surface area contributed by atoms with Gasteiger partial charge in [0.25, 0.3) is 0 Å². The summed E-state index contributed by atoms with van der Waals surface area (Å²) < 4.78 is 5.11. The van der Waals surface area contributed by atoms with E-state index in [2.05, 4.69) is 19.6 Å². The highest BCUT2D eigenvalue weighted by atomic mass is 16.5. The van der Waals surface area contributed by atoms with Gasteiger partial charge in [-0.2, -0.15) is 0 Å². The van der Waals surface area contributed by atoms with Crippen molar-refractivity contribution in [2.45, 2.75) is 59.0 Å². The van der Waals surface area contributed by atoms with Crippen molar-refractivity contribution in [2.75, 3.05) is 0 Å². The van der Waals surface area contributed by atoms with Gasteiger partial charge in [-0.05, 0) is 32.8 Å². The van der Waals surface area contributed by atoms with E-state index in [1.54, 1.807) is 6.92 Å². The minimum absolute atomic E-state index is 0.157. The quantitative estimate of drug-likeness (QED) is 0.269. The lowest BCUT2D eigenvalue weighted by Gasteiger charge is -2.08. The van der Waals surface area contributed by atoms with Crippen molar-refractivity contribution in [2.24, 2.45) is 0 Å². The molecule has 0 aliphatic heterocycles. The van der Waals surface area contributed by atoms with Crippen LogP contribution in [0.4, 0.5) is 0 Å². The summed E-state index contributed by atoms with van der Waals surface area (Å²) in [5.41, 5.74) is 0.447. The first-order valence-electron chi connectivity index (χ1n) is 6.11. The molecule has 1 unspecified atom stereocenters. The zero-order chi connectivity index (χ0) is 12.4. The van der Waals surface area contributed by atoms with Crippen LogP contribution in [0.5, 0.6) is 0 Å². The molecule has 2 nitrogen and oxygen atoms in total. The standard InChI is InChI=1S/C14H24O2/c1-5-6-7-8-9-10-11-13(4)16-14(15)12(2)3/h10-11,13H,2,5-9H2,1,3-4H3. The fourth-order valence-corrected chi connectivity index (χ4v) is 1.29. The molecule has 16 heavy (non-hydrogen) atoms. The summed E-state index contributed by atoms with van der Waals surface area (Å²) in [6, 6.07) is 0. The summed E-state index contributed by atoms with van der Waals surface area (Å²) in [5, 5.41) is 0. The third kappa shape index (κ3) is 8.27. The van der Waals surface area contributed by atoms with Gasteiger partial charge in [-0.3, -0.25) is 0 Å². The van der Waals surface area contributed by atoms with Crippen LogP contribution in [0.2, 0.25) is 0 Å².